The first-order valence-electron chi connectivity index (χ1n) is 5.66. The molecule has 1 aromatic rings. The van der Waals surface area contributed by atoms with Gasteiger partial charge in [0.2, 0.25) is 0 Å². The van der Waals surface area contributed by atoms with Crippen molar-refractivity contribution >= 4 is 11.6 Å². The molecule has 0 saturated carbocycles. The van der Waals surface area contributed by atoms with Gasteiger partial charge in [-0.3, -0.25) is 0 Å². The highest BCUT2D eigenvalue weighted by Crippen LogP contribution is 2.27. The Morgan fingerprint density at radius 2 is 2.12 bits per heavy atom. The Kier molecular flexibility index (Phi) is 3.53. The van der Waals surface area contributed by atoms with Crippen molar-refractivity contribution in [1.82, 2.24) is 5.32 Å². The molecular formula is C13H18ClNO. The Bertz CT molecular complexity index is 363. The summed E-state index contributed by atoms with van der Waals surface area (Å²) in [5, 5.41) is 4.35. The minimum absolute atomic E-state index is 0.283. The van der Waals surface area contributed by atoms with Crippen molar-refractivity contribution in [3.05, 3.63) is 34.9 Å². The number of ether oxygens (including phenoxy) is 1. The van der Waals surface area contributed by atoms with Gasteiger partial charge in [-0.25, -0.2) is 0 Å². The van der Waals surface area contributed by atoms with E-state index in [1.54, 1.807) is 0 Å². The Hall–Kier alpha value is -0.570. The van der Waals surface area contributed by atoms with Crippen LogP contribution in [0.4, 0.5) is 0 Å². The Morgan fingerprint density at radius 1 is 1.44 bits per heavy atom. The highest BCUT2D eigenvalue weighted by molar-refractivity contribution is 6.31. The van der Waals surface area contributed by atoms with E-state index < -0.39 is 0 Å². The molecule has 0 unspecified atom stereocenters. The first-order valence-corrected chi connectivity index (χ1v) is 6.04. The average Bonchev–Trinajstić information content (AvgIpc) is 2.24. The van der Waals surface area contributed by atoms with Gasteiger partial charge in [0.1, 0.15) is 0 Å². The van der Waals surface area contributed by atoms with E-state index in [-0.39, 0.29) is 6.04 Å². The van der Waals surface area contributed by atoms with E-state index in [9.17, 15) is 0 Å². The molecule has 1 aliphatic heterocycles. The molecule has 1 fully saturated rings. The third-order valence-electron chi connectivity index (χ3n) is 3.11. The second-order valence-electron chi connectivity index (χ2n) is 4.93. The normalized spacial score (nSPS) is 20.2. The summed E-state index contributed by atoms with van der Waals surface area (Å²) < 4.78 is 5.23. The molecule has 0 aliphatic carbocycles. The Balaban J connectivity index is 1.93. The van der Waals surface area contributed by atoms with Gasteiger partial charge >= 0.3 is 0 Å². The molecule has 1 N–H and O–H groups in total. The summed E-state index contributed by atoms with van der Waals surface area (Å²) in [5.74, 6) is 0. The minimum atomic E-state index is 0.283. The summed E-state index contributed by atoms with van der Waals surface area (Å²) in [7, 11) is 0. The summed E-state index contributed by atoms with van der Waals surface area (Å²) in [4.78, 5) is 0. The van der Waals surface area contributed by atoms with Crippen LogP contribution < -0.4 is 5.32 Å². The van der Waals surface area contributed by atoms with Gasteiger partial charge in [-0.15, -0.1) is 0 Å². The molecule has 1 aliphatic rings. The van der Waals surface area contributed by atoms with Crippen molar-refractivity contribution in [2.24, 2.45) is 5.41 Å². The molecule has 0 bridgehead atoms. The Morgan fingerprint density at radius 3 is 2.69 bits per heavy atom. The van der Waals surface area contributed by atoms with Gasteiger partial charge in [-0.05, 0) is 18.6 Å². The second kappa shape index (κ2) is 4.74. The van der Waals surface area contributed by atoms with E-state index >= 15 is 0 Å². The standard InChI is InChI=1S/C13H18ClNO/c1-10(11-5-3-4-6-12(11)14)15-7-13(2)8-16-9-13/h3-6,10,15H,7-9H2,1-2H3/t10-/m0/s1. The summed E-state index contributed by atoms with van der Waals surface area (Å²) >= 11 is 6.15. The van der Waals surface area contributed by atoms with Gasteiger partial charge in [0.05, 0.1) is 13.2 Å². The van der Waals surface area contributed by atoms with Crippen molar-refractivity contribution < 1.29 is 4.74 Å². The predicted octanol–water partition coefficient (Wildman–Crippen LogP) is 3.03. The number of nitrogens with one attached hydrogen (secondary N) is 1. The number of rotatable bonds is 4. The topological polar surface area (TPSA) is 21.3 Å². The fourth-order valence-corrected chi connectivity index (χ4v) is 2.19. The Labute approximate surface area is 102 Å². The van der Waals surface area contributed by atoms with Gasteiger partial charge in [0.15, 0.2) is 0 Å². The van der Waals surface area contributed by atoms with Crippen molar-refractivity contribution in [2.75, 3.05) is 19.8 Å². The van der Waals surface area contributed by atoms with Crippen molar-refractivity contribution in [3.63, 3.8) is 0 Å². The number of halogens is 1. The lowest BCUT2D eigenvalue weighted by Gasteiger charge is -2.39. The van der Waals surface area contributed by atoms with E-state index in [2.05, 4.69) is 25.2 Å². The third-order valence-corrected chi connectivity index (χ3v) is 3.45. The molecule has 0 spiro atoms. The van der Waals surface area contributed by atoms with Crippen LogP contribution >= 0.6 is 11.6 Å². The average molecular weight is 240 g/mol. The molecule has 0 radical (unpaired) electrons. The molecule has 1 aromatic carbocycles. The van der Waals surface area contributed by atoms with E-state index in [0.717, 1.165) is 30.3 Å². The molecule has 0 amide bonds. The fraction of sp³-hybridized carbons (Fsp3) is 0.538. The van der Waals surface area contributed by atoms with E-state index in [4.69, 9.17) is 16.3 Å². The molecule has 0 aromatic heterocycles. The molecule has 16 heavy (non-hydrogen) atoms. The van der Waals surface area contributed by atoms with Crippen molar-refractivity contribution in [1.29, 1.82) is 0 Å². The van der Waals surface area contributed by atoms with Crippen LogP contribution in [0.1, 0.15) is 25.5 Å². The van der Waals surface area contributed by atoms with Crippen molar-refractivity contribution in [2.45, 2.75) is 19.9 Å². The first kappa shape index (κ1) is 11.9. The minimum Gasteiger partial charge on any atom is -0.380 e. The lowest BCUT2D eigenvalue weighted by atomic mass is 9.88. The summed E-state index contributed by atoms with van der Waals surface area (Å²) in [6, 6.07) is 8.27. The van der Waals surface area contributed by atoms with Gasteiger partial charge in [0.25, 0.3) is 0 Å². The molecule has 1 heterocycles. The van der Waals surface area contributed by atoms with Gasteiger partial charge < -0.3 is 10.1 Å². The monoisotopic (exact) mass is 239 g/mol. The van der Waals surface area contributed by atoms with Crippen LogP contribution in [0.5, 0.6) is 0 Å². The highest BCUT2D eigenvalue weighted by atomic mass is 35.5. The quantitative estimate of drug-likeness (QED) is 0.872. The predicted molar refractivity (Wildman–Crippen MR) is 66.8 cm³/mol. The number of benzene rings is 1. The SMILES string of the molecule is C[C@H](NCC1(C)COC1)c1ccccc1Cl. The van der Waals surface area contributed by atoms with Crippen LogP contribution in [-0.4, -0.2) is 19.8 Å². The summed E-state index contributed by atoms with van der Waals surface area (Å²) in [6.45, 7) is 7.07. The summed E-state index contributed by atoms with van der Waals surface area (Å²) in [6.07, 6.45) is 0. The largest absolute Gasteiger partial charge is 0.380 e. The molecular weight excluding hydrogens is 222 g/mol. The van der Waals surface area contributed by atoms with E-state index in [1.165, 1.54) is 0 Å². The zero-order chi connectivity index (χ0) is 11.6. The van der Waals surface area contributed by atoms with Crippen LogP contribution in [0.2, 0.25) is 5.02 Å². The van der Waals surface area contributed by atoms with Crippen LogP contribution in [0.3, 0.4) is 0 Å². The third kappa shape index (κ3) is 2.57. The van der Waals surface area contributed by atoms with Gasteiger partial charge in [-0.1, -0.05) is 36.7 Å². The molecule has 2 nitrogen and oxygen atoms in total. The van der Waals surface area contributed by atoms with Crippen LogP contribution in [0, 0.1) is 5.41 Å². The number of hydrogen-bond donors (Lipinski definition) is 1. The number of hydrogen-bond acceptors (Lipinski definition) is 2. The van der Waals surface area contributed by atoms with Crippen LogP contribution in [0.15, 0.2) is 24.3 Å². The maximum absolute atomic E-state index is 6.15. The molecule has 2 rings (SSSR count). The fourth-order valence-electron chi connectivity index (χ4n) is 1.89. The van der Waals surface area contributed by atoms with Gasteiger partial charge in [-0.2, -0.15) is 0 Å². The molecule has 1 saturated heterocycles. The lowest BCUT2D eigenvalue weighted by Crippen LogP contribution is -2.47. The van der Waals surface area contributed by atoms with E-state index in [1.807, 2.05) is 18.2 Å². The second-order valence-corrected chi connectivity index (χ2v) is 5.33. The molecule has 1 atom stereocenters. The van der Waals surface area contributed by atoms with Crippen LogP contribution in [0.25, 0.3) is 0 Å². The van der Waals surface area contributed by atoms with Gasteiger partial charge in [0, 0.05) is 23.0 Å². The molecule has 3 heteroatoms. The summed E-state index contributed by atoms with van der Waals surface area (Å²) in [5.41, 5.74) is 1.46. The maximum Gasteiger partial charge on any atom is 0.0554 e. The van der Waals surface area contributed by atoms with Crippen LogP contribution in [-0.2, 0) is 4.74 Å². The highest BCUT2D eigenvalue weighted by Gasteiger charge is 2.33. The lowest BCUT2D eigenvalue weighted by molar-refractivity contribution is -0.0999. The zero-order valence-corrected chi connectivity index (χ0v) is 10.6. The molecule has 88 valence electrons. The smallest absolute Gasteiger partial charge is 0.0554 e. The maximum atomic E-state index is 6.15. The van der Waals surface area contributed by atoms with E-state index in [0.29, 0.717) is 5.41 Å². The first-order chi connectivity index (χ1) is 7.61. The van der Waals surface area contributed by atoms with Crippen molar-refractivity contribution in [3.8, 4) is 0 Å². The zero-order valence-electron chi connectivity index (χ0n) is 9.79.